The van der Waals surface area contributed by atoms with Gasteiger partial charge in [0, 0.05) is 6.20 Å². The molecule has 0 spiro atoms. The first-order valence-corrected chi connectivity index (χ1v) is 8.38. The van der Waals surface area contributed by atoms with Crippen LogP contribution in [0.5, 0.6) is 0 Å². The zero-order chi connectivity index (χ0) is 18.6. The Hall–Kier alpha value is -2.79. The summed E-state index contributed by atoms with van der Waals surface area (Å²) in [6.07, 6.45) is 1.65. The molecule has 0 aliphatic heterocycles. The Bertz CT molecular complexity index is 903. The molecule has 0 saturated carbocycles. The summed E-state index contributed by atoms with van der Waals surface area (Å²) >= 11 is 5.97. The standard InChI is InChI=1S/C20H16ClFN2O2/c21-19-23-11-10-17(24-19)20(13-18(25)26,12-14-4-2-1-3-5-14)15-6-8-16(22)9-7-15/h1-11H,12-13H2,(H,25,26). The van der Waals surface area contributed by atoms with Gasteiger partial charge in [0.15, 0.2) is 0 Å². The van der Waals surface area contributed by atoms with E-state index in [1.807, 2.05) is 30.3 Å². The highest BCUT2D eigenvalue weighted by molar-refractivity contribution is 6.28. The minimum Gasteiger partial charge on any atom is -0.481 e. The molecule has 2 aromatic carbocycles. The number of rotatable bonds is 6. The highest BCUT2D eigenvalue weighted by atomic mass is 35.5. The number of hydrogen-bond donors (Lipinski definition) is 1. The van der Waals surface area contributed by atoms with Gasteiger partial charge in [0.2, 0.25) is 5.28 Å². The van der Waals surface area contributed by atoms with Gasteiger partial charge in [0.25, 0.3) is 0 Å². The molecule has 0 radical (unpaired) electrons. The number of benzene rings is 2. The molecule has 6 heteroatoms. The van der Waals surface area contributed by atoms with Crippen LogP contribution in [0.15, 0.2) is 66.9 Å². The van der Waals surface area contributed by atoms with Crippen LogP contribution in [0.1, 0.15) is 23.2 Å². The zero-order valence-corrected chi connectivity index (χ0v) is 14.5. The topological polar surface area (TPSA) is 63.1 Å². The van der Waals surface area contributed by atoms with Gasteiger partial charge in [-0.3, -0.25) is 4.79 Å². The van der Waals surface area contributed by atoms with Crippen LogP contribution in [0.4, 0.5) is 4.39 Å². The van der Waals surface area contributed by atoms with Crippen LogP contribution in [-0.2, 0) is 16.6 Å². The van der Waals surface area contributed by atoms with Crippen LogP contribution in [0.25, 0.3) is 0 Å². The van der Waals surface area contributed by atoms with E-state index in [1.54, 1.807) is 18.2 Å². The second kappa shape index (κ2) is 7.62. The van der Waals surface area contributed by atoms with Gasteiger partial charge in [-0.1, -0.05) is 42.5 Å². The molecule has 4 nitrogen and oxygen atoms in total. The lowest BCUT2D eigenvalue weighted by molar-refractivity contribution is -0.138. The minimum atomic E-state index is -1.01. The number of carboxylic acids is 1. The van der Waals surface area contributed by atoms with Crippen molar-refractivity contribution in [3.8, 4) is 0 Å². The number of nitrogens with zero attached hydrogens (tertiary/aromatic N) is 2. The average Bonchev–Trinajstić information content (AvgIpc) is 2.62. The fourth-order valence-electron chi connectivity index (χ4n) is 3.17. The second-order valence-electron chi connectivity index (χ2n) is 6.03. The van der Waals surface area contributed by atoms with Crippen molar-refractivity contribution in [2.45, 2.75) is 18.3 Å². The molecule has 1 unspecified atom stereocenters. The molecule has 3 aromatic rings. The fourth-order valence-corrected chi connectivity index (χ4v) is 3.32. The summed E-state index contributed by atoms with van der Waals surface area (Å²) in [5.41, 5.74) is 1.07. The Labute approximate surface area is 155 Å². The lowest BCUT2D eigenvalue weighted by Crippen LogP contribution is -2.34. The van der Waals surface area contributed by atoms with E-state index in [0.29, 0.717) is 17.7 Å². The van der Waals surface area contributed by atoms with Gasteiger partial charge >= 0.3 is 5.97 Å². The van der Waals surface area contributed by atoms with Gasteiger partial charge in [-0.05, 0) is 47.3 Å². The van der Waals surface area contributed by atoms with E-state index < -0.39 is 17.2 Å². The zero-order valence-electron chi connectivity index (χ0n) is 13.8. The van der Waals surface area contributed by atoms with Crippen molar-refractivity contribution in [1.29, 1.82) is 0 Å². The molecule has 1 aromatic heterocycles. The third kappa shape index (κ3) is 3.89. The van der Waals surface area contributed by atoms with E-state index >= 15 is 0 Å². The maximum absolute atomic E-state index is 13.5. The third-order valence-corrected chi connectivity index (χ3v) is 4.50. The molecule has 0 aliphatic rings. The summed E-state index contributed by atoms with van der Waals surface area (Å²) in [5, 5.41) is 9.66. The maximum atomic E-state index is 13.5. The van der Waals surface area contributed by atoms with Gasteiger partial charge in [0.1, 0.15) is 5.82 Å². The van der Waals surface area contributed by atoms with Crippen molar-refractivity contribution in [2.75, 3.05) is 0 Å². The van der Waals surface area contributed by atoms with Crippen LogP contribution in [0.2, 0.25) is 5.28 Å². The first-order valence-electron chi connectivity index (χ1n) is 8.00. The van der Waals surface area contributed by atoms with Crippen LogP contribution in [-0.4, -0.2) is 21.0 Å². The summed E-state index contributed by atoms with van der Waals surface area (Å²) in [6, 6.07) is 17.0. The number of carboxylic acid groups (broad SMARTS) is 1. The Morgan fingerprint density at radius 3 is 2.38 bits per heavy atom. The van der Waals surface area contributed by atoms with Crippen molar-refractivity contribution in [3.63, 3.8) is 0 Å². The summed E-state index contributed by atoms with van der Waals surface area (Å²) in [5.74, 6) is -1.38. The molecule has 0 bridgehead atoms. The number of carbonyl (C=O) groups is 1. The van der Waals surface area contributed by atoms with Crippen LogP contribution >= 0.6 is 11.6 Å². The lowest BCUT2D eigenvalue weighted by atomic mass is 9.70. The monoisotopic (exact) mass is 370 g/mol. The Balaban J connectivity index is 2.22. The molecule has 3 rings (SSSR count). The summed E-state index contributed by atoms with van der Waals surface area (Å²) in [6.45, 7) is 0. The molecular weight excluding hydrogens is 355 g/mol. The predicted octanol–water partition coefficient (Wildman–Crippen LogP) is 4.27. The van der Waals surface area contributed by atoms with E-state index in [9.17, 15) is 14.3 Å². The lowest BCUT2D eigenvalue weighted by Gasteiger charge is -2.33. The van der Waals surface area contributed by atoms with Crippen molar-refractivity contribution >= 4 is 17.6 Å². The van der Waals surface area contributed by atoms with Crippen molar-refractivity contribution in [1.82, 2.24) is 9.97 Å². The van der Waals surface area contributed by atoms with Gasteiger partial charge < -0.3 is 5.11 Å². The second-order valence-corrected chi connectivity index (χ2v) is 6.37. The molecule has 26 heavy (non-hydrogen) atoms. The summed E-state index contributed by atoms with van der Waals surface area (Å²) < 4.78 is 13.5. The van der Waals surface area contributed by atoms with Gasteiger partial charge in [-0.25, -0.2) is 14.4 Å². The first kappa shape index (κ1) is 18.0. The van der Waals surface area contributed by atoms with E-state index in [-0.39, 0.29) is 11.7 Å². The molecule has 0 saturated heterocycles. The number of aromatic nitrogens is 2. The number of halogens is 2. The number of aliphatic carboxylic acids is 1. The molecule has 0 fully saturated rings. The molecule has 1 atom stereocenters. The van der Waals surface area contributed by atoms with Crippen LogP contribution in [0.3, 0.4) is 0 Å². The Kier molecular flexibility index (Phi) is 5.28. The van der Waals surface area contributed by atoms with Crippen LogP contribution in [0, 0.1) is 5.82 Å². The predicted molar refractivity (Wildman–Crippen MR) is 96.6 cm³/mol. The van der Waals surface area contributed by atoms with Crippen molar-refractivity contribution < 1.29 is 14.3 Å². The smallest absolute Gasteiger partial charge is 0.304 e. The summed E-state index contributed by atoms with van der Waals surface area (Å²) in [4.78, 5) is 19.9. The molecule has 1 N–H and O–H groups in total. The van der Waals surface area contributed by atoms with Crippen LogP contribution < -0.4 is 0 Å². The molecule has 0 amide bonds. The van der Waals surface area contributed by atoms with E-state index in [0.717, 1.165) is 5.56 Å². The Morgan fingerprint density at radius 1 is 1.08 bits per heavy atom. The highest BCUT2D eigenvalue weighted by Gasteiger charge is 2.38. The van der Waals surface area contributed by atoms with Gasteiger partial charge in [0.05, 0.1) is 17.5 Å². The SMILES string of the molecule is O=C(O)CC(Cc1ccccc1)(c1ccc(F)cc1)c1ccnc(Cl)n1. The van der Waals surface area contributed by atoms with Gasteiger partial charge in [-0.15, -0.1) is 0 Å². The normalized spacial score (nSPS) is 13.2. The third-order valence-electron chi connectivity index (χ3n) is 4.32. The average molecular weight is 371 g/mol. The van der Waals surface area contributed by atoms with Gasteiger partial charge in [-0.2, -0.15) is 0 Å². The molecule has 0 aliphatic carbocycles. The highest BCUT2D eigenvalue weighted by Crippen LogP contribution is 2.38. The molecule has 132 valence electrons. The minimum absolute atomic E-state index is 0.0347. The van der Waals surface area contributed by atoms with Crippen molar-refractivity contribution in [3.05, 3.63) is 94.8 Å². The van der Waals surface area contributed by atoms with E-state index in [1.165, 1.54) is 18.3 Å². The fraction of sp³-hybridized carbons (Fsp3) is 0.150. The Morgan fingerprint density at radius 2 is 1.77 bits per heavy atom. The molecule has 1 heterocycles. The van der Waals surface area contributed by atoms with E-state index in [2.05, 4.69) is 9.97 Å². The first-order chi connectivity index (χ1) is 12.5. The maximum Gasteiger partial charge on any atom is 0.304 e. The van der Waals surface area contributed by atoms with Crippen molar-refractivity contribution in [2.24, 2.45) is 0 Å². The van der Waals surface area contributed by atoms with E-state index in [4.69, 9.17) is 11.6 Å². The quantitative estimate of drug-likeness (QED) is 0.658. The number of hydrogen-bond acceptors (Lipinski definition) is 3. The summed E-state index contributed by atoms with van der Waals surface area (Å²) in [7, 11) is 0. The molecular formula is C20H16ClFN2O2. The largest absolute Gasteiger partial charge is 0.481 e.